The van der Waals surface area contributed by atoms with Gasteiger partial charge in [-0.15, -0.1) is 11.3 Å². The highest BCUT2D eigenvalue weighted by atomic mass is 35.5. The fourth-order valence-corrected chi connectivity index (χ4v) is 2.07. The van der Waals surface area contributed by atoms with Gasteiger partial charge in [0.15, 0.2) is 0 Å². The second-order valence-corrected chi connectivity index (χ2v) is 4.67. The molecule has 0 spiro atoms. The third-order valence-corrected chi connectivity index (χ3v) is 3.14. The van der Waals surface area contributed by atoms with Crippen LogP contribution in [-0.2, 0) is 6.54 Å². The van der Waals surface area contributed by atoms with Gasteiger partial charge in [-0.05, 0) is 18.6 Å². The van der Waals surface area contributed by atoms with Gasteiger partial charge in [-0.25, -0.2) is 0 Å². The van der Waals surface area contributed by atoms with E-state index in [2.05, 4.69) is 12.2 Å². The van der Waals surface area contributed by atoms with Crippen molar-refractivity contribution in [2.75, 3.05) is 6.61 Å². The monoisotopic (exact) mass is 219 g/mol. The molecule has 1 atom stereocenters. The van der Waals surface area contributed by atoms with Gasteiger partial charge in [0.2, 0.25) is 0 Å². The normalized spacial score (nSPS) is 13.2. The number of hydrogen-bond acceptors (Lipinski definition) is 3. The summed E-state index contributed by atoms with van der Waals surface area (Å²) >= 11 is 7.36. The standard InChI is InChI=1S/C9H14ClNOS/c1-2-7(6-12)11-5-8-3-4-9(10)13-8/h3-4,7,11-12H,2,5-6H2,1H3/t7-/m0/s1. The van der Waals surface area contributed by atoms with Crippen molar-refractivity contribution in [1.29, 1.82) is 0 Å². The van der Waals surface area contributed by atoms with Gasteiger partial charge in [0.1, 0.15) is 0 Å². The molecule has 1 rings (SSSR count). The average Bonchev–Trinajstić information content (AvgIpc) is 2.53. The molecule has 2 N–H and O–H groups in total. The summed E-state index contributed by atoms with van der Waals surface area (Å²) in [5.41, 5.74) is 0. The van der Waals surface area contributed by atoms with E-state index in [1.807, 2.05) is 12.1 Å². The summed E-state index contributed by atoms with van der Waals surface area (Å²) in [6, 6.07) is 4.09. The molecule has 2 nitrogen and oxygen atoms in total. The molecule has 1 heterocycles. The van der Waals surface area contributed by atoms with Crippen LogP contribution in [0.25, 0.3) is 0 Å². The predicted octanol–water partition coefficient (Wildman–Crippen LogP) is 2.26. The Morgan fingerprint density at radius 1 is 1.62 bits per heavy atom. The number of aliphatic hydroxyl groups excluding tert-OH is 1. The van der Waals surface area contributed by atoms with Gasteiger partial charge < -0.3 is 10.4 Å². The minimum atomic E-state index is 0.190. The van der Waals surface area contributed by atoms with Crippen molar-refractivity contribution in [1.82, 2.24) is 5.32 Å². The Morgan fingerprint density at radius 2 is 2.38 bits per heavy atom. The molecule has 0 aliphatic carbocycles. The predicted molar refractivity (Wildman–Crippen MR) is 57.3 cm³/mol. The second-order valence-electron chi connectivity index (χ2n) is 2.87. The number of thiophene rings is 1. The first-order valence-corrected chi connectivity index (χ1v) is 5.54. The number of halogens is 1. The Morgan fingerprint density at radius 3 is 2.85 bits per heavy atom. The largest absolute Gasteiger partial charge is 0.395 e. The smallest absolute Gasteiger partial charge is 0.0931 e. The van der Waals surface area contributed by atoms with Crippen LogP contribution in [0.15, 0.2) is 12.1 Å². The van der Waals surface area contributed by atoms with Crippen molar-refractivity contribution >= 4 is 22.9 Å². The number of aliphatic hydroxyl groups is 1. The van der Waals surface area contributed by atoms with Gasteiger partial charge >= 0.3 is 0 Å². The Balaban J connectivity index is 2.33. The van der Waals surface area contributed by atoms with E-state index in [0.29, 0.717) is 0 Å². The van der Waals surface area contributed by atoms with Crippen LogP contribution in [0.5, 0.6) is 0 Å². The Kier molecular flexibility index (Phi) is 4.73. The molecular weight excluding hydrogens is 206 g/mol. The zero-order valence-electron chi connectivity index (χ0n) is 7.59. The number of hydrogen-bond donors (Lipinski definition) is 2. The highest BCUT2D eigenvalue weighted by Crippen LogP contribution is 2.21. The lowest BCUT2D eigenvalue weighted by molar-refractivity contribution is 0.238. The van der Waals surface area contributed by atoms with E-state index in [9.17, 15) is 0 Å². The lowest BCUT2D eigenvalue weighted by atomic mass is 10.2. The highest BCUT2D eigenvalue weighted by molar-refractivity contribution is 7.16. The van der Waals surface area contributed by atoms with E-state index in [1.54, 1.807) is 11.3 Å². The third kappa shape index (κ3) is 3.65. The molecule has 0 saturated heterocycles. The molecule has 74 valence electrons. The quantitative estimate of drug-likeness (QED) is 0.797. The molecule has 1 aromatic heterocycles. The maximum Gasteiger partial charge on any atom is 0.0931 e. The fourth-order valence-electron chi connectivity index (χ4n) is 1.03. The van der Waals surface area contributed by atoms with Gasteiger partial charge in [0.25, 0.3) is 0 Å². The molecule has 0 amide bonds. The SMILES string of the molecule is CC[C@@H](CO)NCc1ccc(Cl)s1. The first-order chi connectivity index (χ1) is 6.26. The molecule has 1 aromatic rings. The van der Waals surface area contributed by atoms with E-state index >= 15 is 0 Å². The maximum absolute atomic E-state index is 8.92. The van der Waals surface area contributed by atoms with Crippen molar-refractivity contribution < 1.29 is 5.11 Å². The van der Waals surface area contributed by atoms with Crippen molar-refractivity contribution in [3.63, 3.8) is 0 Å². The van der Waals surface area contributed by atoms with Crippen LogP contribution >= 0.6 is 22.9 Å². The summed E-state index contributed by atoms with van der Waals surface area (Å²) in [6.45, 7) is 3.03. The zero-order valence-corrected chi connectivity index (χ0v) is 9.16. The van der Waals surface area contributed by atoms with Crippen LogP contribution in [0, 0.1) is 0 Å². The Labute approximate surface area is 87.5 Å². The molecule has 0 fully saturated rings. The van der Waals surface area contributed by atoms with Crippen molar-refractivity contribution in [3.05, 3.63) is 21.3 Å². The van der Waals surface area contributed by atoms with E-state index in [0.717, 1.165) is 17.3 Å². The van der Waals surface area contributed by atoms with Crippen molar-refractivity contribution in [3.8, 4) is 0 Å². The van der Waals surface area contributed by atoms with Crippen molar-refractivity contribution in [2.45, 2.75) is 25.9 Å². The molecule has 13 heavy (non-hydrogen) atoms. The topological polar surface area (TPSA) is 32.3 Å². The number of nitrogens with one attached hydrogen (secondary N) is 1. The second kappa shape index (κ2) is 5.60. The summed E-state index contributed by atoms with van der Waals surface area (Å²) < 4.78 is 0.814. The molecule has 0 aliphatic rings. The van der Waals surface area contributed by atoms with E-state index in [4.69, 9.17) is 16.7 Å². The van der Waals surface area contributed by atoms with E-state index in [-0.39, 0.29) is 12.6 Å². The van der Waals surface area contributed by atoms with Crippen molar-refractivity contribution in [2.24, 2.45) is 0 Å². The van der Waals surface area contributed by atoms with Gasteiger partial charge in [-0.3, -0.25) is 0 Å². The molecular formula is C9H14ClNOS. The Bertz CT molecular complexity index is 248. The summed E-state index contributed by atoms with van der Waals surface area (Å²) in [6.07, 6.45) is 0.940. The van der Waals surface area contributed by atoms with Crippen LogP contribution in [0.2, 0.25) is 4.34 Å². The molecule has 0 radical (unpaired) electrons. The lowest BCUT2D eigenvalue weighted by Crippen LogP contribution is -2.30. The Hall–Kier alpha value is -0.0900. The fraction of sp³-hybridized carbons (Fsp3) is 0.556. The average molecular weight is 220 g/mol. The lowest BCUT2D eigenvalue weighted by Gasteiger charge is -2.12. The molecule has 0 saturated carbocycles. The third-order valence-electron chi connectivity index (χ3n) is 1.91. The van der Waals surface area contributed by atoms with E-state index < -0.39 is 0 Å². The summed E-state index contributed by atoms with van der Waals surface area (Å²) in [4.78, 5) is 1.21. The molecule has 0 aliphatic heterocycles. The molecule has 0 aromatic carbocycles. The molecule has 4 heteroatoms. The maximum atomic E-state index is 8.92. The first kappa shape index (κ1) is 11.0. The number of rotatable bonds is 5. The molecule has 0 bridgehead atoms. The van der Waals surface area contributed by atoms with Gasteiger partial charge in [-0.1, -0.05) is 18.5 Å². The van der Waals surface area contributed by atoms with Crippen LogP contribution in [0.4, 0.5) is 0 Å². The van der Waals surface area contributed by atoms with Crippen LogP contribution in [0.1, 0.15) is 18.2 Å². The molecule has 0 unspecified atom stereocenters. The highest BCUT2D eigenvalue weighted by Gasteiger charge is 2.04. The van der Waals surface area contributed by atoms with Crippen LogP contribution < -0.4 is 5.32 Å². The minimum absolute atomic E-state index is 0.190. The summed E-state index contributed by atoms with van der Waals surface area (Å²) in [5, 5.41) is 12.2. The van der Waals surface area contributed by atoms with Gasteiger partial charge in [-0.2, -0.15) is 0 Å². The van der Waals surface area contributed by atoms with Gasteiger partial charge in [0.05, 0.1) is 10.9 Å². The summed E-state index contributed by atoms with van der Waals surface area (Å²) in [5.74, 6) is 0. The van der Waals surface area contributed by atoms with Gasteiger partial charge in [0, 0.05) is 17.5 Å². The minimum Gasteiger partial charge on any atom is -0.395 e. The van der Waals surface area contributed by atoms with Crippen LogP contribution in [-0.4, -0.2) is 17.8 Å². The zero-order chi connectivity index (χ0) is 9.68. The summed E-state index contributed by atoms with van der Waals surface area (Å²) in [7, 11) is 0. The van der Waals surface area contributed by atoms with E-state index in [1.165, 1.54) is 4.88 Å². The first-order valence-electron chi connectivity index (χ1n) is 4.34. The van der Waals surface area contributed by atoms with Crippen LogP contribution in [0.3, 0.4) is 0 Å².